The Labute approximate surface area is 306 Å². The minimum atomic E-state index is -3.84. The number of allylic oxidation sites excluding steroid dienone is 1. The maximum absolute atomic E-state index is 14.6. The lowest BCUT2D eigenvalue weighted by Crippen LogP contribution is -2.54. The highest BCUT2D eigenvalue weighted by Crippen LogP contribution is 2.57. The molecule has 6 aliphatic rings. The summed E-state index contributed by atoms with van der Waals surface area (Å²) >= 11 is 0. The summed E-state index contributed by atoms with van der Waals surface area (Å²) in [6.07, 6.45) is 10.6. The van der Waals surface area contributed by atoms with Gasteiger partial charge >= 0.3 is 6.09 Å². The van der Waals surface area contributed by atoms with Crippen molar-refractivity contribution in [2.75, 3.05) is 6.54 Å². The van der Waals surface area contributed by atoms with Crippen LogP contribution in [0.15, 0.2) is 30.9 Å². The molecule has 3 saturated carbocycles. The minimum Gasteiger partial charge on any atom is -0.444 e. The van der Waals surface area contributed by atoms with Crippen LogP contribution in [0.2, 0.25) is 0 Å². The molecule has 1 saturated heterocycles. The van der Waals surface area contributed by atoms with Crippen LogP contribution in [-0.4, -0.2) is 77.8 Å². The Morgan fingerprint density at radius 1 is 0.962 bits per heavy atom. The number of sulfonamides is 1. The Morgan fingerprint density at radius 2 is 1.67 bits per heavy atom. The van der Waals surface area contributed by atoms with Crippen LogP contribution in [-0.2, 0) is 53.4 Å². The highest BCUT2D eigenvalue weighted by Gasteiger charge is 2.61. The van der Waals surface area contributed by atoms with Crippen molar-refractivity contribution in [3.63, 3.8) is 0 Å². The molecule has 4 bridgehead atoms. The van der Waals surface area contributed by atoms with Crippen molar-refractivity contribution in [2.24, 2.45) is 17.3 Å². The largest absolute Gasteiger partial charge is 0.444 e. The summed E-state index contributed by atoms with van der Waals surface area (Å²) in [7, 11) is -3.84. The van der Waals surface area contributed by atoms with E-state index in [1.165, 1.54) is 10.5 Å². The predicted octanol–water partition coefficient (Wildman–Crippen LogP) is 4.44. The summed E-state index contributed by atoms with van der Waals surface area (Å²) in [5.41, 5.74) is 2.18. The van der Waals surface area contributed by atoms with Gasteiger partial charge in [0.25, 0.3) is 0 Å². The quantitative estimate of drug-likeness (QED) is 0.371. The van der Waals surface area contributed by atoms with Crippen LogP contribution in [0, 0.1) is 17.3 Å². The molecule has 3 heterocycles. The number of rotatable bonds is 8. The third-order valence-electron chi connectivity index (χ3n) is 12.4. The van der Waals surface area contributed by atoms with Gasteiger partial charge in [-0.3, -0.25) is 28.8 Å². The number of amides is 4. The van der Waals surface area contributed by atoms with Gasteiger partial charge in [0, 0.05) is 32.4 Å². The summed E-state index contributed by atoms with van der Waals surface area (Å²) in [5, 5.41) is 2.44. The summed E-state index contributed by atoms with van der Waals surface area (Å²) in [5.74, 6) is -2.16. The van der Waals surface area contributed by atoms with Crippen molar-refractivity contribution in [2.45, 2.75) is 139 Å². The Kier molecular flexibility index (Phi) is 10.5. The molecule has 0 spiro atoms. The van der Waals surface area contributed by atoms with Gasteiger partial charge in [0.2, 0.25) is 27.7 Å². The number of carbonyl (C=O) groups is 5. The molecule has 5 atom stereocenters. The normalized spacial score (nSPS) is 30.4. The standard InChI is InChI=1S/C39H52N4O8S/c1-2-28-20-39(28,37(47)41-52(49,50)30-17-18-30)21-33(44)32-19-29-23-43(32)36(46)35(26-12-8-9-13-26)40-34(45)16-7-5-3-4-6-11-25-14-10-15-27-22-42(24-31(25)27)38(48)51-29/h2,10,14-15,26,28-30,32,35H,1,3-9,11-13,16-24H2,(H,40,45)(H,41,47)/t28-,29-,32+,35+,39-/m1/s1. The molecule has 12 nitrogen and oxygen atoms in total. The van der Waals surface area contributed by atoms with Crippen molar-refractivity contribution in [3.05, 3.63) is 47.5 Å². The van der Waals surface area contributed by atoms with E-state index < -0.39 is 62.6 Å². The first kappa shape index (κ1) is 36.6. The van der Waals surface area contributed by atoms with E-state index in [-0.39, 0.29) is 43.5 Å². The fourth-order valence-electron chi connectivity index (χ4n) is 9.04. The van der Waals surface area contributed by atoms with Crippen molar-refractivity contribution in [1.82, 2.24) is 19.8 Å². The zero-order chi connectivity index (χ0) is 36.6. The smallest absolute Gasteiger partial charge is 0.410 e. The zero-order valence-corrected chi connectivity index (χ0v) is 30.8. The number of carbonyl (C=O) groups excluding carboxylic acids is 5. The number of nitrogens with zero attached hydrogens (tertiary/aromatic N) is 2. The van der Waals surface area contributed by atoms with Gasteiger partial charge in [0.1, 0.15) is 12.1 Å². The number of fused-ring (bicyclic) bond motifs is 3. The first-order valence-corrected chi connectivity index (χ1v) is 20.9. The van der Waals surface area contributed by atoms with E-state index in [1.54, 1.807) is 11.0 Å². The maximum Gasteiger partial charge on any atom is 0.410 e. The molecule has 0 unspecified atom stereocenters. The molecule has 4 fully saturated rings. The molecule has 2 N–H and O–H groups in total. The number of hydrogen-bond acceptors (Lipinski definition) is 8. The van der Waals surface area contributed by atoms with Crippen LogP contribution in [0.3, 0.4) is 0 Å². The summed E-state index contributed by atoms with van der Waals surface area (Å²) < 4.78 is 33.7. The monoisotopic (exact) mass is 736 g/mol. The van der Waals surface area contributed by atoms with Crippen LogP contribution in [0.25, 0.3) is 0 Å². The van der Waals surface area contributed by atoms with Gasteiger partial charge < -0.3 is 15.0 Å². The second kappa shape index (κ2) is 14.9. The maximum atomic E-state index is 14.6. The highest BCUT2D eigenvalue weighted by atomic mass is 32.2. The topological polar surface area (TPSA) is 159 Å². The van der Waals surface area contributed by atoms with Crippen molar-refractivity contribution >= 4 is 39.6 Å². The molecule has 0 radical (unpaired) electrons. The van der Waals surface area contributed by atoms with Crippen molar-refractivity contribution in [3.8, 4) is 0 Å². The fourth-order valence-corrected chi connectivity index (χ4v) is 10.4. The molecule has 3 aliphatic heterocycles. The molecule has 282 valence electrons. The summed E-state index contributed by atoms with van der Waals surface area (Å²) in [6, 6.07) is 4.35. The van der Waals surface area contributed by atoms with Gasteiger partial charge in [-0.05, 0) is 79.9 Å². The number of ketones is 1. The van der Waals surface area contributed by atoms with E-state index in [0.29, 0.717) is 32.4 Å². The molecule has 52 heavy (non-hydrogen) atoms. The molecule has 1 aromatic carbocycles. The van der Waals surface area contributed by atoms with Crippen LogP contribution in [0.5, 0.6) is 0 Å². The lowest BCUT2D eigenvalue weighted by Gasteiger charge is -2.32. The predicted molar refractivity (Wildman–Crippen MR) is 192 cm³/mol. The number of nitrogens with one attached hydrogen (secondary N) is 2. The van der Waals surface area contributed by atoms with Crippen LogP contribution < -0.4 is 10.0 Å². The van der Waals surface area contributed by atoms with Crippen molar-refractivity contribution < 1.29 is 37.1 Å². The molecular formula is C39H52N4O8S. The number of ether oxygens (including phenoxy) is 1. The van der Waals surface area contributed by atoms with E-state index in [0.717, 1.165) is 75.3 Å². The van der Waals surface area contributed by atoms with E-state index in [4.69, 9.17) is 4.74 Å². The van der Waals surface area contributed by atoms with Gasteiger partial charge in [-0.25, -0.2) is 13.2 Å². The van der Waals surface area contributed by atoms with E-state index in [1.807, 2.05) is 12.1 Å². The Balaban J connectivity index is 1.15. The van der Waals surface area contributed by atoms with Gasteiger partial charge in [0.05, 0.1) is 23.3 Å². The SMILES string of the molecule is C=C[C@@H]1C[C@]1(CC(=O)[C@@H]1C[C@@H]2CN1C(=O)[C@H](C1CCCC1)NC(=O)CCCCCCCc1cccc3c1CN(C3)C(=O)O2)C(=O)NS(=O)(=O)C1CC1. The second-order valence-electron chi connectivity index (χ2n) is 16.0. The minimum absolute atomic E-state index is 0.0216. The fraction of sp³-hybridized carbons (Fsp3) is 0.667. The highest BCUT2D eigenvalue weighted by molar-refractivity contribution is 7.90. The molecule has 1 aromatic rings. The van der Waals surface area contributed by atoms with Gasteiger partial charge in [0.15, 0.2) is 5.78 Å². The Morgan fingerprint density at radius 3 is 2.38 bits per heavy atom. The van der Waals surface area contributed by atoms with E-state index >= 15 is 0 Å². The van der Waals surface area contributed by atoms with E-state index in [2.05, 4.69) is 22.7 Å². The first-order chi connectivity index (χ1) is 25.0. The molecule has 3 aliphatic carbocycles. The summed E-state index contributed by atoms with van der Waals surface area (Å²) in [4.78, 5) is 72.5. The number of hydrogen-bond donors (Lipinski definition) is 2. The summed E-state index contributed by atoms with van der Waals surface area (Å²) in [6.45, 7) is 4.65. The third-order valence-corrected chi connectivity index (χ3v) is 14.2. The van der Waals surface area contributed by atoms with E-state index in [9.17, 15) is 32.4 Å². The van der Waals surface area contributed by atoms with Gasteiger partial charge in [-0.15, -0.1) is 6.58 Å². The number of aryl methyl sites for hydroxylation is 1. The zero-order valence-electron chi connectivity index (χ0n) is 30.0. The van der Waals surface area contributed by atoms with Crippen LogP contribution >= 0.6 is 0 Å². The number of benzene rings is 1. The molecule has 13 heteroatoms. The Hall–Kier alpha value is -3.74. The number of Topliss-reactive ketones (excluding diaryl/α,β-unsaturated/α-hetero) is 1. The average molecular weight is 737 g/mol. The average Bonchev–Trinajstić information content (AvgIpc) is 3.90. The Bertz CT molecular complexity index is 1720. The first-order valence-electron chi connectivity index (χ1n) is 19.4. The van der Waals surface area contributed by atoms with Crippen LogP contribution in [0.4, 0.5) is 4.79 Å². The molecule has 4 amide bonds. The van der Waals surface area contributed by atoms with Gasteiger partial charge in [-0.2, -0.15) is 0 Å². The lowest BCUT2D eigenvalue weighted by atomic mass is 9.91. The second-order valence-corrected chi connectivity index (χ2v) is 18.0. The van der Waals surface area contributed by atoms with Gasteiger partial charge in [-0.1, -0.05) is 56.4 Å². The van der Waals surface area contributed by atoms with Crippen LogP contribution in [0.1, 0.15) is 113 Å². The molecule has 7 rings (SSSR count). The van der Waals surface area contributed by atoms with Crippen molar-refractivity contribution in [1.29, 1.82) is 0 Å². The molecular weight excluding hydrogens is 685 g/mol. The molecule has 0 aromatic heterocycles. The lowest BCUT2D eigenvalue weighted by molar-refractivity contribution is -0.143. The third kappa shape index (κ3) is 7.66.